The van der Waals surface area contributed by atoms with E-state index in [0.717, 1.165) is 48.9 Å². The van der Waals surface area contributed by atoms with Crippen LogP contribution in [-0.4, -0.2) is 37.0 Å². The molecule has 1 saturated heterocycles. The molecule has 32 heavy (non-hydrogen) atoms. The van der Waals surface area contributed by atoms with Gasteiger partial charge in [-0.15, -0.1) is 11.3 Å². The number of nitrogens with zero attached hydrogens (tertiary/aromatic N) is 3. The Bertz CT molecular complexity index is 1150. The van der Waals surface area contributed by atoms with E-state index < -0.39 is 10.0 Å². The quantitative estimate of drug-likeness (QED) is 0.373. The molecular weight excluding hydrogens is 440 g/mol. The molecule has 1 fully saturated rings. The highest BCUT2D eigenvalue weighted by atomic mass is 32.2. The van der Waals surface area contributed by atoms with Crippen molar-refractivity contribution in [2.45, 2.75) is 43.9 Å². The summed E-state index contributed by atoms with van der Waals surface area (Å²) in [5, 5.41) is 6.89. The second-order valence-electron chi connectivity index (χ2n) is 7.85. The molecule has 4 rings (SSSR count). The molecule has 0 saturated carbocycles. The van der Waals surface area contributed by atoms with Crippen LogP contribution in [0, 0.1) is 0 Å². The van der Waals surface area contributed by atoms with Crippen LogP contribution < -0.4 is 5.43 Å². The van der Waals surface area contributed by atoms with Crippen molar-refractivity contribution in [1.29, 1.82) is 0 Å². The second-order valence-corrected chi connectivity index (χ2v) is 10.6. The maximum atomic E-state index is 12.9. The minimum Gasteiger partial charge on any atom is -0.253 e. The van der Waals surface area contributed by atoms with Gasteiger partial charge in [0.25, 0.3) is 0 Å². The van der Waals surface area contributed by atoms with Gasteiger partial charge in [-0.2, -0.15) is 9.41 Å². The van der Waals surface area contributed by atoms with Crippen molar-refractivity contribution in [2.75, 3.05) is 18.5 Å². The van der Waals surface area contributed by atoms with Crippen molar-refractivity contribution in [3.8, 4) is 11.3 Å². The Morgan fingerprint density at radius 1 is 1.03 bits per heavy atom. The third kappa shape index (κ3) is 5.43. The van der Waals surface area contributed by atoms with Gasteiger partial charge in [0.05, 0.1) is 16.8 Å². The molecule has 0 aliphatic carbocycles. The molecule has 1 N–H and O–H groups in total. The van der Waals surface area contributed by atoms with E-state index in [1.807, 2.05) is 29.6 Å². The number of nitrogens with one attached hydrogen (secondary N) is 1. The minimum absolute atomic E-state index is 0.343. The molecule has 2 heterocycles. The summed E-state index contributed by atoms with van der Waals surface area (Å²) in [4.78, 5) is 4.91. The van der Waals surface area contributed by atoms with Crippen molar-refractivity contribution in [3.05, 3.63) is 65.0 Å². The van der Waals surface area contributed by atoms with E-state index in [9.17, 15) is 8.42 Å². The van der Waals surface area contributed by atoms with Crippen LogP contribution in [0.5, 0.6) is 0 Å². The molecule has 0 spiro atoms. The van der Waals surface area contributed by atoms with Gasteiger partial charge in [0.2, 0.25) is 15.2 Å². The Morgan fingerprint density at radius 3 is 2.38 bits per heavy atom. The molecule has 0 unspecified atom stereocenters. The monoisotopic (exact) mass is 468 g/mol. The van der Waals surface area contributed by atoms with Crippen LogP contribution >= 0.6 is 11.3 Å². The number of hydrazone groups is 1. The predicted molar refractivity (Wildman–Crippen MR) is 132 cm³/mol. The summed E-state index contributed by atoms with van der Waals surface area (Å²) in [7, 11) is -3.44. The van der Waals surface area contributed by atoms with Crippen molar-refractivity contribution in [3.63, 3.8) is 0 Å². The summed E-state index contributed by atoms with van der Waals surface area (Å²) >= 11 is 1.46. The minimum atomic E-state index is -3.44. The van der Waals surface area contributed by atoms with Gasteiger partial charge < -0.3 is 0 Å². The molecule has 0 atom stereocenters. The number of rotatable bonds is 7. The number of anilines is 1. The molecule has 1 aromatic heterocycles. The van der Waals surface area contributed by atoms with E-state index in [4.69, 9.17) is 0 Å². The lowest BCUT2D eigenvalue weighted by atomic mass is 10.1. The van der Waals surface area contributed by atoms with Crippen molar-refractivity contribution in [1.82, 2.24) is 9.29 Å². The summed E-state index contributed by atoms with van der Waals surface area (Å²) in [5.74, 6) is 0. The van der Waals surface area contributed by atoms with E-state index in [1.165, 1.54) is 16.9 Å². The molecule has 0 bridgehead atoms. The average molecular weight is 469 g/mol. The zero-order chi connectivity index (χ0) is 22.4. The van der Waals surface area contributed by atoms with Gasteiger partial charge in [-0.1, -0.05) is 56.2 Å². The number of hydrogen-bond donors (Lipinski definition) is 1. The van der Waals surface area contributed by atoms with E-state index in [0.29, 0.717) is 23.1 Å². The summed E-state index contributed by atoms with van der Waals surface area (Å²) in [6, 6.07) is 15.3. The highest BCUT2D eigenvalue weighted by molar-refractivity contribution is 7.89. The molecule has 1 aliphatic rings. The van der Waals surface area contributed by atoms with Crippen LogP contribution in [0.4, 0.5) is 5.13 Å². The molecule has 0 amide bonds. The number of hydrogen-bond acceptors (Lipinski definition) is 6. The lowest BCUT2D eigenvalue weighted by molar-refractivity contribution is 0.424. The standard InChI is InChI=1S/C24H28N4O2S2/c1-2-19-7-9-20(10-8-19)17-25-27-24-26-23(18-31-24)21-11-13-22(14-12-21)32(29,30)28-15-5-3-4-6-16-28/h7-14,17-18H,2-6,15-16H2,1H3,(H,26,27). The highest BCUT2D eigenvalue weighted by Gasteiger charge is 2.25. The maximum absolute atomic E-state index is 12.9. The number of thiazole rings is 1. The van der Waals surface area contributed by atoms with Crippen molar-refractivity contribution < 1.29 is 8.42 Å². The summed E-state index contributed by atoms with van der Waals surface area (Å²) in [5.41, 5.74) is 6.96. The van der Waals surface area contributed by atoms with E-state index in [2.05, 4.69) is 34.6 Å². The van der Waals surface area contributed by atoms with E-state index in [-0.39, 0.29) is 0 Å². The van der Waals surface area contributed by atoms with Gasteiger partial charge in [0, 0.05) is 24.0 Å². The SMILES string of the molecule is CCc1ccc(C=NNc2nc(-c3ccc(S(=O)(=O)N4CCCCCC4)cc3)cs2)cc1. The Balaban J connectivity index is 1.41. The first kappa shape index (κ1) is 22.6. The first-order valence-corrected chi connectivity index (χ1v) is 13.3. The number of sulfonamides is 1. The molecule has 1 aliphatic heterocycles. The maximum Gasteiger partial charge on any atom is 0.243 e. The first-order chi connectivity index (χ1) is 15.6. The van der Waals surface area contributed by atoms with Gasteiger partial charge >= 0.3 is 0 Å². The average Bonchev–Trinajstić information content (AvgIpc) is 3.11. The first-order valence-electron chi connectivity index (χ1n) is 11.0. The van der Waals surface area contributed by atoms with Gasteiger partial charge in [-0.25, -0.2) is 13.4 Å². The molecule has 168 valence electrons. The lowest BCUT2D eigenvalue weighted by Crippen LogP contribution is -2.31. The van der Waals surface area contributed by atoms with Gasteiger partial charge in [0.1, 0.15) is 0 Å². The zero-order valence-electron chi connectivity index (χ0n) is 18.2. The largest absolute Gasteiger partial charge is 0.253 e. The Morgan fingerprint density at radius 2 is 1.72 bits per heavy atom. The summed E-state index contributed by atoms with van der Waals surface area (Å²) in [6.07, 6.45) is 6.84. The normalized spacial score (nSPS) is 15.7. The molecule has 2 aromatic carbocycles. The zero-order valence-corrected chi connectivity index (χ0v) is 19.8. The number of benzene rings is 2. The lowest BCUT2D eigenvalue weighted by Gasteiger charge is -2.19. The number of aryl methyl sites for hydroxylation is 1. The Kier molecular flexibility index (Phi) is 7.34. The van der Waals surface area contributed by atoms with Crippen LogP contribution in [0.2, 0.25) is 0 Å². The highest BCUT2D eigenvalue weighted by Crippen LogP contribution is 2.27. The fourth-order valence-electron chi connectivity index (χ4n) is 3.69. The fourth-order valence-corrected chi connectivity index (χ4v) is 5.87. The Hall–Kier alpha value is -2.55. The van der Waals surface area contributed by atoms with Crippen LogP contribution in [0.1, 0.15) is 43.7 Å². The number of aromatic nitrogens is 1. The molecule has 0 radical (unpaired) electrons. The third-order valence-electron chi connectivity index (χ3n) is 5.62. The second kappa shape index (κ2) is 10.4. The van der Waals surface area contributed by atoms with Crippen molar-refractivity contribution >= 4 is 32.7 Å². The van der Waals surface area contributed by atoms with Gasteiger partial charge in [-0.3, -0.25) is 5.43 Å². The van der Waals surface area contributed by atoms with Crippen LogP contribution in [0.25, 0.3) is 11.3 Å². The van der Waals surface area contributed by atoms with Crippen LogP contribution in [0.3, 0.4) is 0 Å². The van der Waals surface area contributed by atoms with E-state index in [1.54, 1.807) is 22.7 Å². The van der Waals surface area contributed by atoms with E-state index >= 15 is 0 Å². The van der Waals surface area contributed by atoms with Gasteiger partial charge in [-0.05, 0) is 42.5 Å². The molecule has 6 nitrogen and oxygen atoms in total. The third-order valence-corrected chi connectivity index (χ3v) is 8.28. The Labute approximate surface area is 194 Å². The van der Waals surface area contributed by atoms with Gasteiger partial charge in [0.15, 0.2) is 0 Å². The molecular formula is C24H28N4O2S2. The smallest absolute Gasteiger partial charge is 0.243 e. The predicted octanol–water partition coefficient (Wildman–Crippen LogP) is 5.38. The summed E-state index contributed by atoms with van der Waals surface area (Å²) in [6.45, 7) is 3.34. The van der Waals surface area contributed by atoms with Crippen molar-refractivity contribution in [2.24, 2.45) is 5.10 Å². The van der Waals surface area contributed by atoms with Crippen LogP contribution in [0.15, 0.2) is 63.9 Å². The fraction of sp³-hybridized carbons (Fsp3) is 0.333. The summed E-state index contributed by atoms with van der Waals surface area (Å²) < 4.78 is 27.5. The topological polar surface area (TPSA) is 74.7 Å². The molecule has 8 heteroatoms. The molecule has 3 aromatic rings. The van der Waals surface area contributed by atoms with Crippen LogP contribution in [-0.2, 0) is 16.4 Å².